The maximum atomic E-state index is 6.86. The van der Waals surface area contributed by atoms with Crippen molar-refractivity contribution in [3.8, 4) is 0 Å². The van der Waals surface area contributed by atoms with E-state index in [-0.39, 0.29) is 10.8 Å². The molecule has 0 N–H and O–H groups in total. The zero-order chi connectivity index (χ0) is 55.6. The SMILES string of the molecule is CC(C)(C)c1ccc(N(c2ccc3c(c2)oc2cc4c(cc23)oc2cc3c(cc24)oc2cc(N(c4ccc(C(C)(C)C)cc4)c4ccc5c(c4)oc4ccc6ccccc6c45)ccc23)c2ccc3c(c2)oc2ccc4ccccc4c23)cc1. The maximum absolute atomic E-state index is 6.86. The Morgan fingerprint density at radius 1 is 0.229 bits per heavy atom. The standard InChI is InChI=1S/C76H54N2O5/c1-75(2,3)45-17-21-47(22-18-45)77(51-27-31-57-67(37-51)79-63-33-15-43-11-7-9-13-53(43)73(57)63)49-25-29-55-59-39-71-61(41-69(59)81-65(55)35-49)62-42-70-60(40-72(62)83-71)56-30-26-50(36-66(56)82-70)78(48-23-19-46(20-24-48)76(4,5)6)52-28-32-58-68(38-52)80-64-34-16-44-12-8-10-14-54(44)74(58)64/h7-42H,1-6H3. The molecule has 0 fully saturated rings. The average Bonchev–Trinajstić information content (AvgIpc) is 3.59. The highest BCUT2D eigenvalue weighted by atomic mass is 16.3. The van der Waals surface area contributed by atoms with E-state index < -0.39 is 0 Å². The monoisotopic (exact) mass is 1070 g/mol. The van der Waals surface area contributed by atoms with Gasteiger partial charge in [-0.05, 0) is 153 Å². The van der Waals surface area contributed by atoms with Gasteiger partial charge in [-0.3, -0.25) is 0 Å². The average molecular weight is 1080 g/mol. The molecule has 0 saturated heterocycles. The first-order valence-electron chi connectivity index (χ1n) is 28.5. The van der Waals surface area contributed by atoms with Crippen LogP contribution >= 0.6 is 0 Å². The van der Waals surface area contributed by atoms with Crippen LogP contribution in [0, 0.1) is 0 Å². The fourth-order valence-corrected chi connectivity index (χ4v) is 13.0. The zero-order valence-corrected chi connectivity index (χ0v) is 46.7. The predicted molar refractivity (Wildman–Crippen MR) is 345 cm³/mol. The van der Waals surface area contributed by atoms with Crippen molar-refractivity contribution in [1.82, 2.24) is 0 Å². The number of anilines is 6. The van der Waals surface area contributed by atoms with Crippen LogP contribution in [0.3, 0.4) is 0 Å². The lowest BCUT2D eigenvalue weighted by Crippen LogP contribution is -2.13. The highest BCUT2D eigenvalue weighted by Crippen LogP contribution is 2.47. The van der Waals surface area contributed by atoms with E-state index in [1.807, 2.05) is 0 Å². The number of benzene rings is 12. The molecule has 5 heterocycles. The molecule has 83 heavy (non-hydrogen) atoms. The van der Waals surface area contributed by atoms with Gasteiger partial charge in [0.2, 0.25) is 0 Å². The van der Waals surface area contributed by atoms with Crippen molar-refractivity contribution in [1.29, 1.82) is 0 Å². The van der Waals surface area contributed by atoms with Crippen LogP contribution in [0.2, 0.25) is 0 Å². The third kappa shape index (κ3) is 7.36. The summed E-state index contributed by atoms with van der Waals surface area (Å²) >= 11 is 0. The summed E-state index contributed by atoms with van der Waals surface area (Å²) in [6, 6.07) is 77.8. The molecule has 17 aromatic rings. The van der Waals surface area contributed by atoms with Gasteiger partial charge in [0.05, 0.1) is 0 Å². The Morgan fingerprint density at radius 2 is 0.518 bits per heavy atom. The number of rotatable bonds is 6. The normalized spacial score (nSPS) is 12.7. The number of hydrogen-bond donors (Lipinski definition) is 0. The predicted octanol–water partition coefficient (Wildman–Crippen LogP) is 23.0. The Hall–Kier alpha value is -10.2. The Labute approximate surface area is 476 Å². The maximum Gasteiger partial charge on any atom is 0.137 e. The molecule has 17 rings (SSSR count). The summed E-state index contributed by atoms with van der Waals surface area (Å²) in [5.74, 6) is 0. The molecule has 0 saturated carbocycles. The van der Waals surface area contributed by atoms with Crippen LogP contribution in [0.1, 0.15) is 52.7 Å². The van der Waals surface area contributed by atoms with E-state index in [1.54, 1.807) is 0 Å². The molecule has 7 heteroatoms. The van der Waals surface area contributed by atoms with E-state index in [9.17, 15) is 0 Å². The first-order valence-corrected chi connectivity index (χ1v) is 28.5. The Morgan fingerprint density at radius 3 is 0.880 bits per heavy atom. The summed E-state index contributed by atoms with van der Waals surface area (Å²) in [4.78, 5) is 4.57. The molecule has 0 aliphatic rings. The molecule has 7 nitrogen and oxygen atoms in total. The molecule has 0 bridgehead atoms. The van der Waals surface area contributed by atoms with E-state index >= 15 is 0 Å². The fraction of sp³-hybridized carbons (Fsp3) is 0.105. The fourth-order valence-electron chi connectivity index (χ4n) is 13.0. The van der Waals surface area contributed by atoms with Gasteiger partial charge in [-0.25, -0.2) is 0 Å². The second kappa shape index (κ2) is 17.1. The van der Waals surface area contributed by atoms with E-state index in [2.05, 4.69) is 270 Å². The lowest BCUT2D eigenvalue weighted by molar-refractivity contribution is 0.590. The van der Waals surface area contributed by atoms with Crippen molar-refractivity contribution >= 4 is 165 Å². The van der Waals surface area contributed by atoms with E-state index in [0.717, 1.165) is 144 Å². The quantitative estimate of drug-likeness (QED) is 0.164. The highest BCUT2D eigenvalue weighted by molar-refractivity contribution is 6.22. The van der Waals surface area contributed by atoms with Crippen molar-refractivity contribution in [2.45, 2.75) is 52.4 Å². The lowest BCUT2D eigenvalue weighted by Gasteiger charge is -2.27. The van der Waals surface area contributed by atoms with Crippen LogP contribution in [0.15, 0.2) is 240 Å². The minimum Gasteiger partial charge on any atom is -0.456 e. The smallest absolute Gasteiger partial charge is 0.137 e. The summed E-state index contributed by atoms with van der Waals surface area (Å²) in [5.41, 5.74) is 16.6. The van der Waals surface area contributed by atoms with Gasteiger partial charge in [0.15, 0.2) is 0 Å². The third-order valence-electron chi connectivity index (χ3n) is 17.3. The number of hydrogen-bond acceptors (Lipinski definition) is 7. The minimum absolute atomic E-state index is 0.00799. The Balaban J connectivity index is 0.757. The van der Waals surface area contributed by atoms with E-state index in [1.165, 1.54) is 32.7 Å². The van der Waals surface area contributed by atoms with E-state index in [0.29, 0.717) is 0 Å². The Bertz CT molecular complexity index is 5200. The molecule has 0 unspecified atom stereocenters. The summed E-state index contributed by atoms with van der Waals surface area (Å²) < 4.78 is 33.7. The molecule has 12 aromatic carbocycles. The van der Waals surface area contributed by atoms with Crippen LogP contribution in [0.25, 0.3) is 131 Å². The molecule has 0 amide bonds. The summed E-state index contributed by atoms with van der Waals surface area (Å²) in [7, 11) is 0. The van der Waals surface area contributed by atoms with Crippen LogP contribution in [-0.4, -0.2) is 0 Å². The van der Waals surface area contributed by atoms with Gasteiger partial charge >= 0.3 is 0 Å². The van der Waals surface area contributed by atoms with Gasteiger partial charge in [0.1, 0.15) is 55.8 Å². The molecular weight excluding hydrogens is 1020 g/mol. The lowest BCUT2D eigenvalue weighted by atomic mass is 9.87. The number of furan rings is 5. The topological polar surface area (TPSA) is 72.2 Å². The molecule has 398 valence electrons. The largest absolute Gasteiger partial charge is 0.456 e. The second-order valence-corrected chi connectivity index (χ2v) is 24.5. The summed E-state index contributed by atoms with van der Waals surface area (Å²) in [6.45, 7) is 13.5. The molecule has 0 radical (unpaired) electrons. The zero-order valence-electron chi connectivity index (χ0n) is 46.7. The second-order valence-electron chi connectivity index (χ2n) is 24.5. The van der Waals surface area contributed by atoms with Crippen LogP contribution in [0.5, 0.6) is 0 Å². The molecule has 0 aliphatic heterocycles. The molecular formula is C76H54N2O5. The van der Waals surface area contributed by atoms with Crippen LogP contribution in [-0.2, 0) is 10.8 Å². The Kier molecular flexibility index (Phi) is 9.82. The van der Waals surface area contributed by atoms with Crippen LogP contribution < -0.4 is 9.80 Å². The van der Waals surface area contributed by atoms with Gasteiger partial charge in [0, 0.05) is 112 Å². The molecule has 0 spiro atoms. The van der Waals surface area contributed by atoms with Crippen molar-refractivity contribution in [3.05, 3.63) is 230 Å². The van der Waals surface area contributed by atoms with Gasteiger partial charge in [-0.2, -0.15) is 0 Å². The third-order valence-corrected chi connectivity index (χ3v) is 17.3. The van der Waals surface area contributed by atoms with Gasteiger partial charge in [0.25, 0.3) is 0 Å². The summed E-state index contributed by atoms with van der Waals surface area (Å²) in [5, 5.41) is 15.1. The summed E-state index contributed by atoms with van der Waals surface area (Å²) in [6.07, 6.45) is 0. The van der Waals surface area contributed by atoms with Gasteiger partial charge in [-0.15, -0.1) is 0 Å². The van der Waals surface area contributed by atoms with Crippen molar-refractivity contribution in [2.75, 3.05) is 9.80 Å². The van der Waals surface area contributed by atoms with Gasteiger partial charge < -0.3 is 31.9 Å². The van der Waals surface area contributed by atoms with Crippen LogP contribution in [0.4, 0.5) is 34.1 Å². The first-order chi connectivity index (χ1) is 40.3. The van der Waals surface area contributed by atoms with Gasteiger partial charge in [-0.1, -0.05) is 126 Å². The minimum atomic E-state index is 0.00799. The highest BCUT2D eigenvalue weighted by Gasteiger charge is 2.24. The molecule has 0 aliphatic carbocycles. The van der Waals surface area contributed by atoms with Crippen molar-refractivity contribution in [2.24, 2.45) is 0 Å². The van der Waals surface area contributed by atoms with Crippen molar-refractivity contribution in [3.63, 3.8) is 0 Å². The first kappa shape index (κ1) is 47.6. The number of nitrogens with zero attached hydrogens (tertiary/aromatic N) is 2. The van der Waals surface area contributed by atoms with Crippen molar-refractivity contribution < 1.29 is 22.1 Å². The molecule has 0 atom stereocenters. The van der Waals surface area contributed by atoms with E-state index in [4.69, 9.17) is 22.1 Å². The molecule has 5 aromatic heterocycles. The number of fused-ring (bicyclic) bond motifs is 19.